The number of hydrogen-bond acceptors (Lipinski definition) is 2. The minimum absolute atomic E-state index is 0.790. The molecule has 0 bridgehead atoms. The monoisotopic (exact) mass is 266 g/mol. The summed E-state index contributed by atoms with van der Waals surface area (Å²) in [6.45, 7) is 9.82. The molecule has 1 heterocycles. The van der Waals surface area contributed by atoms with E-state index in [9.17, 15) is 0 Å². The molecule has 0 aromatic carbocycles. The summed E-state index contributed by atoms with van der Waals surface area (Å²) in [4.78, 5) is 2.76. The SMILES string of the molecule is CCCC1CCN(CC2CCCCCC2NCC)C1. The molecule has 1 aliphatic heterocycles. The zero-order valence-corrected chi connectivity index (χ0v) is 13.2. The molecule has 3 unspecified atom stereocenters. The van der Waals surface area contributed by atoms with Gasteiger partial charge in [0.05, 0.1) is 0 Å². The van der Waals surface area contributed by atoms with Gasteiger partial charge in [-0.05, 0) is 50.6 Å². The molecule has 1 saturated carbocycles. The lowest BCUT2D eigenvalue weighted by Gasteiger charge is -2.30. The summed E-state index contributed by atoms with van der Waals surface area (Å²) in [6.07, 6.45) is 11.5. The summed E-state index contributed by atoms with van der Waals surface area (Å²) in [5.74, 6) is 1.90. The predicted molar refractivity (Wildman–Crippen MR) is 83.5 cm³/mol. The molecule has 1 aliphatic carbocycles. The highest BCUT2D eigenvalue weighted by atomic mass is 15.2. The fourth-order valence-electron chi connectivity index (χ4n) is 4.19. The Morgan fingerprint density at radius 2 is 1.89 bits per heavy atom. The van der Waals surface area contributed by atoms with Crippen LogP contribution in [0.15, 0.2) is 0 Å². The van der Waals surface area contributed by atoms with Crippen LogP contribution in [0.1, 0.15) is 65.2 Å². The van der Waals surface area contributed by atoms with Crippen LogP contribution < -0.4 is 5.32 Å². The van der Waals surface area contributed by atoms with E-state index in [2.05, 4.69) is 24.1 Å². The van der Waals surface area contributed by atoms with Crippen molar-refractivity contribution in [3.05, 3.63) is 0 Å². The number of hydrogen-bond donors (Lipinski definition) is 1. The highest BCUT2D eigenvalue weighted by Crippen LogP contribution is 2.27. The second-order valence-corrected chi connectivity index (χ2v) is 6.77. The summed E-state index contributed by atoms with van der Waals surface area (Å²) < 4.78 is 0. The van der Waals surface area contributed by atoms with E-state index in [0.717, 1.165) is 24.4 Å². The van der Waals surface area contributed by atoms with E-state index in [0.29, 0.717) is 0 Å². The summed E-state index contributed by atoms with van der Waals surface area (Å²) >= 11 is 0. The van der Waals surface area contributed by atoms with Crippen LogP contribution in [0.5, 0.6) is 0 Å². The van der Waals surface area contributed by atoms with Crippen LogP contribution in [0.3, 0.4) is 0 Å². The topological polar surface area (TPSA) is 15.3 Å². The van der Waals surface area contributed by atoms with Crippen molar-refractivity contribution in [1.29, 1.82) is 0 Å². The van der Waals surface area contributed by atoms with Crippen LogP contribution >= 0.6 is 0 Å². The van der Waals surface area contributed by atoms with Crippen LogP contribution in [0.4, 0.5) is 0 Å². The Bertz CT molecular complexity index is 241. The van der Waals surface area contributed by atoms with Gasteiger partial charge in [-0.1, -0.05) is 39.5 Å². The molecule has 0 amide bonds. The van der Waals surface area contributed by atoms with Crippen molar-refractivity contribution in [3.8, 4) is 0 Å². The zero-order valence-electron chi connectivity index (χ0n) is 13.2. The Balaban J connectivity index is 1.81. The van der Waals surface area contributed by atoms with Crippen molar-refractivity contribution in [2.24, 2.45) is 11.8 Å². The molecule has 0 radical (unpaired) electrons. The first-order valence-electron chi connectivity index (χ1n) is 8.79. The van der Waals surface area contributed by atoms with Gasteiger partial charge in [-0.15, -0.1) is 0 Å². The van der Waals surface area contributed by atoms with E-state index in [4.69, 9.17) is 0 Å². The Hall–Kier alpha value is -0.0800. The molecule has 112 valence electrons. The van der Waals surface area contributed by atoms with E-state index in [-0.39, 0.29) is 0 Å². The summed E-state index contributed by atoms with van der Waals surface area (Å²) in [5.41, 5.74) is 0. The molecule has 2 aliphatic rings. The molecule has 2 rings (SSSR count). The van der Waals surface area contributed by atoms with Gasteiger partial charge in [0.2, 0.25) is 0 Å². The third-order valence-corrected chi connectivity index (χ3v) is 5.18. The summed E-state index contributed by atoms with van der Waals surface area (Å²) in [7, 11) is 0. The van der Waals surface area contributed by atoms with E-state index < -0.39 is 0 Å². The smallest absolute Gasteiger partial charge is 0.0107 e. The third kappa shape index (κ3) is 4.75. The van der Waals surface area contributed by atoms with Gasteiger partial charge in [0.15, 0.2) is 0 Å². The van der Waals surface area contributed by atoms with E-state index >= 15 is 0 Å². The maximum Gasteiger partial charge on any atom is 0.0107 e. The average molecular weight is 266 g/mol. The second-order valence-electron chi connectivity index (χ2n) is 6.77. The lowest BCUT2D eigenvalue weighted by molar-refractivity contribution is 0.219. The van der Waals surface area contributed by atoms with Crippen LogP contribution in [0.2, 0.25) is 0 Å². The van der Waals surface area contributed by atoms with Crippen LogP contribution in [-0.4, -0.2) is 37.1 Å². The molecule has 2 nitrogen and oxygen atoms in total. The van der Waals surface area contributed by atoms with Crippen molar-refractivity contribution in [1.82, 2.24) is 10.2 Å². The number of likely N-dealkylation sites (tertiary alicyclic amines) is 1. The maximum absolute atomic E-state index is 3.76. The van der Waals surface area contributed by atoms with Gasteiger partial charge in [0, 0.05) is 19.1 Å². The molecule has 1 saturated heterocycles. The predicted octanol–water partition coefficient (Wildman–Crippen LogP) is 3.67. The van der Waals surface area contributed by atoms with Crippen molar-refractivity contribution in [2.75, 3.05) is 26.2 Å². The van der Waals surface area contributed by atoms with E-state index in [1.807, 2.05) is 0 Å². The van der Waals surface area contributed by atoms with Crippen molar-refractivity contribution in [3.63, 3.8) is 0 Å². The van der Waals surface area contributed by atoms with E-state index in [1.54, 1.807) is 0 Å². The first kappa shape index (κ1) is 15.3. The van der Waals surface area contributed by atoms with Gasteiger partial charge in [-0.25, -0.2) is 0 Å². The van der Waals surface area contributed by atoms with Gasteiger partial charge in [-0.2, -0.15) is 0 Å². The largest absolute Gasteiger partial charge is 0.314 e. The molecule has 1 N–H and O–H groups in total. The van der Waals surface area contributed by atoms with Crippen LogP contribution in [0.25, 0.3) is 0 Å². The lowest BCUT2D eigenvalue weighted by Crippen LogP contribution is -2.41. The molecule has 2 fully saturated rings. The quantitative estimate of drug-likeness (QED) is 0.738. The first-order valence-corrected chi connectivity index (χ1v) is 8.79. The number of nitrogens with zero attached hydrogens (tertiary/aromatic N) is 1. The molecule has 0 spiro atoms. The number of rotatable bonds is 6. The molecule has 19 heavy (non-hydrogen) atoms. The van der Waals surface area contributed by atoms with Crippen molar-refractivity contribution >= 4 is 0 Å². The van der Waals surface area contributed by atoms with Crippen molar-refractivity contribution in [2.45, 2.75) is 71.3 Å². The van der Waals surface area contributed by atoms with Gasteiger partial charge in [0.25, 0.3) is 0 Å². The minimum Gasteiger partial charge on any atom is -0.314 e. The molecule has 3 atom stereocenters. The van der Waals surface area contributed by atoms with E-state index in [1.165, 1.54) is 71.0 Å². The van der Waals surface area contributed by atoms with Gasteiger partial charge in [-0.3, -0.25) is 0 Å². The number of nitrogens with one attached hydrogen (secondary N) is 1. The summed E-state index contributed by atoms with van der Waals surface area (Å²) in [5, 5.41) is 3.76. The highest BCUT2D eigenvalue weighted by Gasteiger charge is 2.28. The summed E-state index contributed by atoms with van der Waals surface area (Å²) in [6, 6.07) is 0.790. The maximum atomic E-state index is 3.76. The molecular formula is C17H34N2. The molecular weight excluding hydrogens is 232 g/mol. The Morgan fingerprint density at radius 1 is 1.05 bits per heavy atom. The average Bonchev–Trinajstić information content (AvgIpc) is 2.72. The fraction of sp³-hybridized carbons (Fsp3) is 1.00. The molecule has 2 heteroatoms. The normalized spacial score (nSPS) is 33.5. The Labute approximate surface area is 120 Å². The lowest BCUT2D eigenvalue weighted by atomic mass is 9.94. The Morgan fingerprint density at radius 3 is 2.68 bits per heavy atom. The molecule has 0 aromatic rings. The van der Waals surface area contributed by atoms with Crippen LogP contribution in [0, 0.1) is 11.8 Å². The second kappa shape index (κ2) is 8.26. The van der Waals surface area contributed by atoms with Gasteiger partial charge >= 0.3 is 0 Å². The molecule has 0 aromatic heterocycles. The van der Waals surface area contributed by atoms with Gasteiger partial charge in [0.1, 0.15) is 0 Å². The Kier molecular flexibility index (Phi) is 6.66. The fourth-order valence-corrected chi connectivity index (χ4v) is 4.19. The van der Waals surface area contributed by atoms with Gasteiger partial charge < -0.3 is 10.2 Å². The van der Waals surface area contributed by atoms with Crippen molar-refractivity contribution < 1.29 is 0 Å². The minimum atomic E-state index is 0.790. The van der Waals surface area contributed by atoms with Crippen LogP contribution in [-0.2, 0) is 0 Å². The zero-order chi connectivity index (χ0) is 13.5. The standard InChI is InChI=1S/C17H34N2/c1-3-8-15-11-12-19(13-15)14-16-9-6-5-7-10-17(16)18-4-2/h15-18H,3-14H2,1-2H3. The first-order chi connectivity index (χ1) is 9.33. The third-order valence-electron chi connectivity index (χ3n) is 5.18. The highest BCUT2D eigenvalue weighted by molar-refractivity contribution is 4.84.